The number of rotatable bonds is 5. The van der Waals surface area contributed by atoms with Crippen molar-refractivity contribution in [3.8, 4) is 45.3 Å². The normalized spacial score (nSPS) is 16.1. The summed E-state index contributed by atoms with van der Waals surface area (Å²) >= 11 is 0. The second-order valence-corrected chi connectivity index (χ2v) is 11.5. The van der Waals surface area contributed by atoms with Crippen molar-refractivity contribution >= 4 is 43.6 Å². The van der Waals surface area contributed by atoms with Crippen LogP contribution in [0.15, 0.2) is 182 Å². The van der Waals surface area contributed by atoms with Crippen LogP contribution in [0.2, 0.25) is 0 Å². The molecule has 3 heterocycles. The number of hydrogen-bond acceptors (Lipinski definition) is 2. The molecule has 0 saturated carbocycles. The number of hydrogen-bond donors (Lipinski definition) is 0. The summed E-state index contributed by atoms with van der Waals surface area (Å²) in [5.41, 5.74) is 1.69. The smallest absolute Gasteiger partial charge is 0.160 e. The minimum absolute atomic E-state index is 0.0374. The van der Waals surface area contributed by atoms with Gasteiger partial charge in [0.1, 0.15) is 0 Å². The van der Waals surface area contributed by atoms with Crippen LogP contribution in [0.5, 0.6) is 0 Å². The molecule has 0 saturated heterocycles. The van der Waals surface area contributed by atoms with Gasteiger partial charge in [-0.1, -0.05) is 133 Å². The van der Waals surface area contributed by atoms with Gasteiger partial charge in [-0.25, -0.2) is 9.97 Å². The lowest BCUT2D eigenvalue weighted by molar-refractivity contribution is 1.13. The highest BCUT2D eigenvalue weighted by atomic mass is 15.0. The van der Waals surface area contributed by atoms with E-state index in [4.69, 9.17) is 26.4 Å². The molecule has 50 heavy (non-hydrogen) atoms. The van der Waals surface area contributed by atoms with Crippen LogP contribution in [-0.2, 0) is 0 Å². The maximum Gasteiger partial charge on any atom is 0.160 e. The molecule has 0 amide bonds. The number of fused-ring (bicyclic) bond motifs is 6. The average Bonchev–Trinajstić information content (AvgIpc) is 3.90. The third kappa shape index (κ3) is 4.54. The lowest BCUT2D eigenvalue weighted by Gasteiger charge is -2.16. The van der Waals surface area contributed by atoms with Gasteiger partial charge < -0.3 is 9.13 Å². The van der Waals surface area contributed by atoms with Gasteiger partial charge in [0, 0.05) is 49.6 Å². The third-order valence-electron chi connectivity index (χ3n) is 8.61. The summed E-state index contributed by atoms with van der Waals surface area (Å²) in [6.45, 7) is 0. The van der Waals surface area contributed by atoms with E-state index in [1.165, 1.54) is 15.2 Å². The van der Waals surface area contributed by atoms with Gasteiger partial charge in [0.15, 0.2) is 5.82 Å². The fourth-order valence-electron chi connectivity index (χ4n) is 6.43. The summed E-state index contributed by atoms with van der Waals surface area (Å²) < 4.78 is 145. The fourth-order valence-corrected chi connectivity index (χ4v) is 6.43. The van der Waals surface area contributed by atoms with Gasteiger partial charge >= 0.3 is 0 Å². The highest BCUT2D eigenvalue weighted by molar-refractivity contribution is 6.10. The molecule has 234 valence electrons. The molecule has 0 aliphatic rings. The predicted octanol–water partition coefficient (Wildman–Crippen LogP) is 11.7. The summed E-state index contributed by atoms with van der Waals surface area (Å²) in [5, 5.41) is -0.741. The van der Waals surface area contributed by atoms with E-state index in [2.05, 4.69) is 0 Å². The van der Waals surface area contributed by atoms with E-state index < -0.39 is 96.7 Å². The van der Waals surface area contributed by atoms with E-state index in [1.54, 1.807) is 18.2 Å². The highest BCUT2D eigenvalue weighted by Crippen LogP contribution is 2.38. The summed E-state index contributed by atoms with van der Waals surface area (Å²) in [6, 6.07) is 15.2. The van der Waals surface area contributed by atoms with Crippen LogP contribution >= 0.6 is 0 Å². The zero-order valence-corrected chi connectivity index (χ0v) is 25.9. The Kier molecular flexibility index (Phi) is 3.78. The van der Waals surface area contributed by atoms with Crippen molar-refractivity contribution in [1.82, 2.24) is 19.1 Å². The van der Waals surface area contributed by atoms with Crippen molar-refractivity contribution in [3.63, 3.8) is 0 Å². The van der Waals surface area contributed by atoms with E-state index in [-0.39, 0.29) is 66.2 Å². The monoisotopic (exact) mass is 654 g/mol. The van der Waals surface area contributed by atoms with Crippen LogP contribution < -0.4 is 0 Å². The minimum atomic E-state index is -0.645. The van der Waals surface area contributed by atoms with Gasteiger partial charge in [0.25, 0.3) is 0 Å². The zero-order chi connectivity index (χ0) is 46.9. The Hall–Kier alpha value is -6.78. The van der Waals surface area contributed by atoms with Crippen molar-refractivity contribution in [1.29, 1.82) is 0 Å². The van der Waals surface area contributed by atoms with Gasteiger partial charge in [0.05, 0.1) is 55.4 Å². The SMILES string of the molecule is [2H]c1c([2H])c([2H])c2c(c1[2H])c1c([2H])c([2H])c([2H])c([2H])c1n2-c1cc(-c2cc(-c3ccccc3)nc(-c3ccccc3)n2)cc(-n2c3c([2H])c([2H])c([2H])c([2H])c3c3c([2H])c([2H])c([2H])c([2H])c32)c1. The Balaban J connectivity index is 1.45. The molecule has 3 aromatic heterocycles. The molecule has 0 atom stereocenters. The number of para-hydroxylation sites is 4. The lowest BCUT2D eigenvalue weighted by Crippen LogP contribution is -2.01. The third-order valence-corrected chi connectivity index (χ3v) is 8.61. The number of nitrogens with zero attached hydrogens (tertiary/aromatic N) is 4. The van der Waals surface area contributed by atoms with Crippen LogP contribution in [0, 0.1) is 0 Å². The first kappa shape index (κ1) is 16.6. The number of aromatic nitrogens is 4. The van der Waals surface area contributed by atoms with Gasteiger partial charge in [-0.3, -0.25) is 0 Å². The van der Waals surface area contributed by atoms with Crippen LogP contribution in [0.4, 0.5) is 0 Å². The topological polar surface area (TPSA) is 35.6 Å². The molecule has 0 fully saturated rings. The van der Waals surface area contributed by atoms with Crippen LogP contribution in [0.25, 0.3) is 88.9 Å². The molecule has 0 unspecified atom stereocenters. The van der Waals surface area contributed by atoms with Crippen molar-refractivity contribution in [2.45, 2.75) is 0 Å². The molecule has 4 heteroatoms. The second-order valence-electron chi connectivity index (χ2n) is 11.5. The van der Waals surface area contributed by atoms with E-state index in [0.29, 0.717) is 17.1 Å². The lowest BCUT2D eigenvalue weighted by atomic mass is 10.0. The van der Waals surface area contributed by atoms with Gasteiger partial charge in [0.2, 0.25) is 0 Å². The first-order valence-corrected chi connectivity index (χ1v) is 15.6. The van der Waals surface area contributed by atoms with Crippen LogP contribution in [0.1, 0.15) is 21.9 Å². The van der Waals surface area contributed by atoms with Gasteiger partial charge in [-0.05, 0) is 48.4 Å². The standard InChI is InChI=1S/C46H30N4/c1-3-15-31(16-4-1)40-30-41(48-46(47-40)32-17-5-2-6-18-32)33-27-34(49-42-23-11-7-19-36(42)37-20-8-12-24-43(37)49)29-35(28-33)50-44-25-13-9-21-38(44)39-22-10-14-26-45(39)50/h1-30H/i7D,8D,9D,10D,11D,12D,13D,14D,19D,20D,21D,22D,23D,24D,25D,26D. The first-order chi connectivity index (χ1) is 31.4. The summed E-state index contributed by atoms with van der Waals surface area (Å²) in [4.78, 5) is 9.91. The summed E-state index contributed by atoms with van der Waals surface area (Å²) in [7, 11) is 0. The van der Waals surface area contributed by atoms with E-state index in [1.807, 2.05) is 60.7 Å². The molecule has 0 aliphatic heterocycles. The van der Waals surface area contributed by atoms with Crippen LogP contribution in [-0.4, -0.2) is 19.1 Å². The van der Waals surface area contributed by atoms with E-state index in [0.717, 1.165) is 5.56 Å². The molecule has 0 radical (unpaired) electrons. The molecule has 0 N–H and O–H groups in total. The molecule has 4 nitrogen and oxygen atoms in total. The van der Waals surface area contributed by atoms with Crippen molar-refractivity contribution in [3.05, 3.63) is 182 Å². The first-order valence-electron chi connectivity index (χ1n) is 23.6. The Morgan fingerprint density at radius 3 is 1.20 bits per heavy atom. The average molecular weight is 655 g/mol. The number of benzene rings is 7. The Morgan fingerprint density at radius 1 is 0.380 bits per heavy atom. The van der Waals surface area contributed by atoms with Crippen molar-refractivity contribution in [2.24, 2.45) is 0 Å². The van der Waals surface area contributed by atoms with Crippen molar-refractivity contribution in [2.75, 3.05) is 0 Å². The molecular weight excluding hydrogens is 609 g/mol. The molecule has 7 aromatic carbocycles. The van der Waals surface area contributed by atoms with Crippen LogP contribution in [0.3, 0.4) is 0 Å². The largest absolute Gasteiger partial charge is 0.309 e. The maximum atomic E-state index is 9.24. The fraction of sp³-hybridized carbons (Fsp3) is 0. The molecule has 10 rings (SSSR count). The Bertz CT molecular complexity index is 3380. The molecule has 0 aliphatic carbocycles. The van der Waals surface area contributed by atoms with E-state index >= 15 is 0 Å². The quantitative estimate of drug-likeness (QED) is 0.185. The van der Waals surface area contributed by atoms with Crippen molar-refractivity contribution < 1.29 is 21.9 Å². The molecule has 0 bridgehead atoms. The predicted molar refractivity (Wildman–Crippen MR) is 207 cm³/mol. The Labute approximate surface area is 311 Å². The van der Waals surface area contributed by atoms with Gasteiger partial charge in [-0.15, -0.1) is 0 Å². The molecule has 0 spiro atoms. The summed E-state index contributed by atoms with van der Waals surface area (Å²) in [6.07, 6.45) is 0. The zero-order valence-electron chi connectivity index (χ0n) is 41.9. The molecular formula is C46H30N4. The molecule has 10 aromatic rings. The Morgan fingerprint density at radius 2 is 0.760 bits per heavy atom. The minimum Gasteiger partial charge on any atom is -0.309 e. The van der Waals surface area contributed by atoms with E-state index in [9.17, 15) is 5.48 Å². The summed E-state index contributed by atoms with van der Waals surface area (Å²) in [5.74, 6) is 0.305. The second kappa shape index (κ2) is 11.4. The highest BCUT2D eigenvalue weighted by Gasteiger charge is 2.18. The van der Waals surface area contributed by atoms with Gasteiger partial charge in [-0.2, -0.15) is 0 Å². The maximum absolute atomic E-state index is 9.24.